The molecule has 0 aliphatic rings. The molecule has 0 saturated heterocycles. The van der Waals surface area contributed by atoms with Gasteiger partial charge in [-0.05, 0) is 25.5 Å². The molecule has 0 aromatic carbocycles. The summed E-state index contributed by atoms with van der Waals surface area (Å²) in [6.07, 6.45) is 5.87. The lowest BCUT2D eigenvalue weighted by Crippen LogP contribution is -1.98. The maximum atomic E-state index is 4.20. The van der Waals surface area contributed by atoms with Crippen molar-refractivity contribution in [3.05, 3.63) is 0 Å². The van der Waals surface area contributed by atoms with E-state index < -0.39 is 0 Å². The number of hydrogen-bond donors (Lipinski definition) is 0. The summed E-state index contributed by atoms with van der Waals surface area (Å²) in [7, 11) is 0. The fourth-order valence-electron chi connectivity index (χ4n) is 0.929. The molecule has 1 unspecified atom stereocenters. The average molecular weight is 141 g/mol. The Kier molecular flexibility index (Phi) is 6.56. The van der Waals surface area contributed by atoms with Crippen molar-refractivity contribution in [3.8, 4) is 0 Å². The van der Waals surface area contributed by atoms with Gasteiger partial charge in [0.05, 0.1) is 0 Å². The van der Waals surface area contributed by atoms with Gasteiger partial charge in [0.2, 0.25) is 0 Å². The number of aliphatic imine (C=N–C) groups is 1. The van der Waals surface area contributed by atoms with Crippen molar-refractivity contribution in [2.75, 3.05) is 6.54 Å². The van der Waals surface area contributed by atoms with E-state index in [2.05, 4.69) is 18.8 Å². The standard InChI is InChI=1S/C9H19N/c1-4-6-7-9(3)8-10-5-2/h5,9H,4,6-8H2,1-3H3. The van der Waals surface area contributed by atoms with E-state index >= 15 is 0 Å². The van der Waals surface area contributed by atoms with E-state index in [0.29, 0.717) is 0 Å². The maximum absolute atomic E-state index is 4.20. The van der Waals surface area contributed by atoms with E-state index in [-0.39, 0.29) is 0 Å². The summed E-state index contributed by atoms with van der Waals surface area (Å²) in [6, 6.07) is 0. The number of rotatable bonds is 5. The molecule has 60 valence electrons. The van der Waals surface area contributed by atoms with Crippen molar-refractivity contribution in [1.29, 1.82) is 0 Å². The van der Waals surface area contributed by atoms with Crippen LogP contribution < -0.4 is 0 Å². The second-order valence-corrected chi connectivity index (χ2v) is 2.87. The van der Waals surface area contributed by atoms with Crippen LogP contribution in [-0.4, -0.2) is 12.8 Å². The maximum Gasteiger partial charge on any atom is 0.0410 e. The zero-order valence-electron chi connectivity index (χ0n) is 7.43. The highest BCUT2D eigenvalue weighted by atomic mass is 14.7. The zero-order chi connectivity index (χ0) is 7.82. The number of nitrogens with zero attached hydrogens (tertiary/aromatic N) is 1. The molecular weight excluding hydrogens is 122 g/mol. The number of unbranched alkanes of at least 4 members (excludes halogenated alkanes) is 1. The van der Waals surface area contributed by atoms with E-state index in [1.54, 1.807) is 0 Å². The molecule has 1 nitrogen and oxygen atoms in total. The van der Waals surface area contributed by atoms with Gasteiger partial charge in [-0.3, -0.25) is 4.99 Å². The minimum absolute atomic E-state index is 0.774. The molecule has 0 fully saturated rings. The van der Waals surface area contributed by atoms with Gasteiger partial charge in [0.25, 0.3) is 0 Å². The largest absolute Gasteiger partial charge is 0.298 e. The molecule has 1 atom stereocenters. The van der Waals surface area contributed by atoms with Gasteiger partial charge in [-0.15, -0.1) is 0 Å². The molecule has 0 heterocycles. The Morgan fingerprint density at radius 2 is 2.20 bits per heavy atom. The Morgan fingerprint density at radius 3 is 2.70 bits per heavy atom. The molecule has 0 N–H and O–H groups in total. The van der Waals surface area contributed by atoms with Gasteiger partial charge >= 0.3 is 0 Å². The van der Waals surface area contributed by atoms with Crippen molar-refractivity contribution in [2.45, 2.75) is 40.0 Å². The summed E-state index contributed by atoms with van der Waals surface area (Å²) in [5.74, 6) is 0.774. The van der Waals surface area contributed by atoms with Crippen LogP contribution >= 0.6 is 0 Å². The minimum atomic E-state index is 0.774. The summed E-state index contributed by atoms with van der Waals surface area (Å²) < 4.78 is 0. The Bertz CT molecular complexity index is 86.7. The van der Waals surface area contributed by atoms with Crippen LogP contribution in [0.5, 0.6) is 0 Å². The van der Waals surface area contributed by atoms with Crippen molar-refractivity contribution < 1.29 is 0 Å². The number of hydrogen-bond acceptors (Lipinski definition) is 1. The second-order valence-electron chi connectivity index (χ2n) is 2.87. The molecule has 10 heavy (non-hydrogen) atoms. The lowest BCUT2D eigenvalue weighted by atomic mass is 10.1. The summed E-state index contributed by atoms with van der Waals surface area (Å²) in [4.78, 5) is 4.20. The molecule has 0 spiro atoms. The molecule has 0 aromatic heterocycles. The fourth-order valence-corrected chi connectivity index (χ4v) is 0.929. The summed E-state index contributed by atoms with van der Waals surface area (Å²) in [6.45, 7) is 7.49. The van der Waals surface area contributed by atoms with Crippen LogP contribution in [0.25, 0.3) is 0 Å². The highest BCUT2D eigenvalue weighted by molar-refractivity contribution is 5.53. The van der Waals surface area contributed by atoms with E-state index in [4.69, 9.17) is 0 Å². The van der Waals surface area contributed by atoms with E-state index in [9.17, 15) is 0 Å². The van der Waals surface area contributed by atoms with Crippen LogP contribution in [0.15, 0.2) is 4.99 Å². The summed E-state index contributed by atoms with van der Waals surface area (Å²) >= 11 is 0. The molecule has 0 aliphatic carbocycles. The van der Waals surface area contributed by atoms with Crippen LogP contribution in [0.3, 0.4) is 0 Å². The third-order valence-corrected chi connectivity index (χ3v) is 1.65. The van der Waals surface area contributed by atoms with Crippen LogP contribution in [0.4, 0.5) is 0 Å². The van der Waals surface area contributed by atoms with Gasteiger partial charge in [-0.2, -0.15) is 0 Å². The van der Waals surface area contributed by atoms with Crippen LogP contribution in [0, 0.1) is 5.92 Å². The molecule has 0 aromatic rings. The SMILES string of the molecule is CC=NCC(C)CCCC. The topological polar surface area (TPSA) is 12.4 Å². The lowest BCUT2D eigenvalue weighted by Gasteiger charge is -2.05. The monoisotopic (exact) mass is 141 g/mol. The first kappa shape index (κ1) is 9.67. The second kappa shape index (κ2) is 6.79. The molecule has 1 heteroatoms. The Balaban J connectivity index is 3.16. The Hall–Kier alpha value is -0.330. The zero-order valence-corrected chi connectivity index (χ0v) is 7.43. The van der Waals surface area contributed by atoms with E-state index in [1.165, 1.54) is 19.3 Å². The van der Waals surface area contributed by atoms with Gasteiger partial charge in [0, 0.05) is 6.54 Å². The van der Waals surface area contributed by atoms with Gasteiger partial charge < -0.3 is 0 Å². The molecule has 0 bridgehead atoms. The van der Waals surface area contributed by atoms with Crippen molar-refractivity contribution in [1.82, 2.24) is 0 Å². The quantitative estimate of drug-likeness (QED) is 0.522. The Labute approximate surface area is 64.6 Å². The Morgan fingerprint density at radius 1 is 1.50 bits per heavy atom. The van der Waals surface area contributed by atoms with Crippen molar-refractivity contribution >= 4 is 6.21 Å². The van der Waals surface area contributed by atoms with Crippen molar-refractivity contribution in [3.63, 3.8) is 0 Å². The first-order chi connectivity index (χ1) is 4.81. The van der Waals surface area contributed by atoms with Crippen LogP contribution in [0.1, 0.15) is 40.0 Å². The third-order valence-electron chi connectivity index (χ3n) is 1.65. The first-order valence-electron chi connectivity index (χ1n) is 4.25. The normalized spacial score (nSPS) is 14.3. The predicted molar refractivity (Wildman–Crippen MR) is 47.7 cm³/mol. The highest BCUT2D eigenvalue weighted by Gasteiger charge is 1.97. The first-order valence-corrected chi connectivity index (χ1v) is 4.25. The third kappa shape index (κ3) is 5.80. The summed E-state index contributed by atoms with van der Waals surface area (Å²) in [5.41, 5.74) is 0. The average Bonchev–Trinajstić information content (AvgIpc) is 1.97. The fraction of sp³-hybridized carbons (Fsp3) is 0.889. The molecule has 0 saturated carbocycles. The molecule has 0 amide bonds. The van der Waals surface area contributed by atoms with Gasteiger partial charge in [0.15, 0.2) is 0 Å². The minimum Gasteiger partial charge on any atom is -0.298 e. The highest BCUT2D eigenvalue weighted by Crippen LogP contribution is 2.06. The molecule has 0 radical (unpaired) electrons. The van der Waals surface area contributed by atoms with Gasteiger partial charge in [-0.25, -0.2) is 0 Å². The molecule has 0 rings (SSSR count). The summed E-state index contributed by atoms with van der Waals surface area (Å²) in [5, 5.41) is 0. The van der Waals surface area contributed by atoms with Crippen molar-refractivity contribution in [2.24, 2.45) is 10.9 Å². The van der Waals surface area contributed by atoms with E-state index in [1.807, 2.05) is 13.1 Å². The van der Waals surface area contributed by atoms with Crippen LogP contribution in [0.2, 0.25) is 0 Å². The van der Waals surface area contributed by atoms with E-state index in [0.717, 1.165) is 12.5 Å². The predicted octanol–water partition coefficient (Wildman–Crippen LogP) is 2.90. The van der Waals surface area contributed by atoms with Gasteiger partial charge in [0.1, 0.15) is 0 Å². The smallest absolute Gasteiger partial charge is 0.0410 e. The van der Waals surface area contributed by atoms with Crippen LogP contribution in [-0.2, 0) is 0 Å². The van der Waals surface area contributed by atoms with Gasteiger partial charge in [-0.1, -0.05) is 26.7 Å². The molecular formula is C9H19N. The lowest BCUT2D eigenvalue weighted by molar-refractivity contribution is 0.517. The molecule has 0 aliphatic heterocycles.